The Labute approximate surface area is 137 Å². The van der Waals surface area contributed by atoms with Crippen molar-refractivity contribution in [3.05, 3.63) is 65.2 Å². The number of fused-ring (bicyclic) bond motifs is 1. The number of pyridine rings is 1. The molecule has 0 bridgehead atoms. The van der Waals surface area contributed by atoms with E-state index in [2.05, 4.69) is 10.3 Å². The molecule has 1 aromatic heterocycles. The molecule has 0 saturated carbocycles. The second-order valence-corrected chi connectivity index (χ2v) is 5.35. The van der Waals surface area contributed by atoms with Crippen LogP contribution in [0.4, 0.5) is 4.39 Å². The van der Waals surface area contributed by atoms with E-state index >= 15 is 0 Å². The highest BCUT2D eigenvalue weighted by molar-refractivity contribution is 6.22. The summed E-state index contributed by atoms with van der Waals surface area (Å²) in [5.41, 5.74) is 0.635. The lowest BCUT2D eigenvalue weighted by Crippen LogP contribution is -2.47. The summed E-state index contributed by atoms with van der Waals surface area (Å²) in [5.74, 6) is -2.12. The minimum atomic E-state index is -1.01. The second kappa shape index (κ2) is 6.19. The number of carbonyl (C=O) groups excluding carboxylic acids is 3. The quantitative estimate of drug-likeness (QED) is 0.864. The smallest absolute Gasteiger partial charge is 0.262 e. The van der Waals surface area contributed by atoms with Gasteiger partial charge in [0.25, 0.3) is 11.8 Å². The predicted molar refractivity (Wildman–Crippen MR) is 82.4 cm³/mol. The molecule has 24 heavy (non-hydrogen) atoms. The first-order valence-electron chi connectivity index (χ1n) is 7.34. The zero-order chi connectivity index (χ0) is 17.3. The first-order chi connectivity index (χ1) is 11.5. The van der Waals surface area contributed by atoms with E-state index in [-0.39, 0.29) is 23.4 Å². The fourth-order valence-corrected chi connectivity index (χ4v) is 2.54. The van der Waals surface area contributed by atoms with Crippen LogP contribution in [-0.4, -0.2) is 33.6 Å². The molecule has 3 rings (SSSR count). The first kappa shape index (κ1) is 15.8. The van der Waals surface area contributed by atoms with Crippen molar-refractivity contribution in [2.24, 2.45) is 0 Å². The van der Waals surface area contributed by atoms with E-state index in [0.717, 1.165) is 4.90 Å². The maximum absolute atomic E-state index is 13.5. The summed E-state index contributed by atoms with van der Waals surface area (Å²) in [6.45, 7) is 1.32. The Bertz CT molecular complexity index is 802. The second-order valence-electron chi connectivity index (χ2n) is 5.35. The van der Waals surface area contributed by atoms with Crippen molar-refractivity contribution in [1.82, 2.24) is 15.2 Å². The monoisotopic (exact) mass is 327 g/mol. The third-order valence-corrected chi connectivity index (χ3v) is 3.86. The summed E-state index contributed by atoms with van der Waals surface area (Å²) in [4.78, 5) is 41.7. The molecule has 7 heteroatoms. The number of halogens is 1. The molecule has 2 aromatic rings. The summed E-state index contributed by atoms with van der Waals surface area (Å²) in [5, 5.41) is 2.50. The van der Waals surface area contributed by atoms with Gasteiger partial charge in [-0.15, -0.1) is 0 Å². The fraction of sp³-hybridized carbons (Fsp3) is 0.176. The predicted octanol–water partition coefficient (Wildman–Crippen LogP) is 1.52. The highest BCUT2D eigenvalue weighted by Crippen LogP contribution is 2.24. The number of nitrogens with one attached hydrogen (secondary N) is 1. The van der Waals surface area contributed by atoms with Crippen LogP contribution in [-0.2, 0) is 11.3 Å². The van der Waals surface area contributed by atoms with Gasteiger partial charge in [0.1, 0.15) is 11.9 Å². The van der Waals surface area contributed by atoms with Crippen molar-refractivity contribution in [3.63, 3.8) is 0 Å². The zero-order valence-electron chi connectivity index (χ0n) is 12.8. The standard InChI is InChI=1S/C17H14FN3O3/c1-10(15(22)20-9-14-13(18)7-4-8-19-14)21-16(23)11-5-2-3-6-12(11)17(21)24/h2-8,10H,9H2,1H3,(H,20,22). The number of hydrogen-bond acceptors (Lipinski definition) is 4. The Morgan fingerprint density at radius 2 is 1.79 bits per heavy atom. The zero-order valence-corrected chi connectivity index (χ0v) is 12.8. The van der Waals surface area contributed by atoms with Gasteiger partial charge in [-0.3, -0.25) is 24.3 Å². The molecule has 1 aliphatic heterocycles. The summed E-state index contributed by atoms with van der Waals surface area (Å²) < 4.78 is 13.5. The molecular formula is C17H14FN3O3. The number of rotatable bonds is 4. The maximum atomic E-state index is 13.5. The summed E-state index contributed by atoms with van der Waals surface area (Å²) >= 11 is 0. The topological polar surface area (TPSA) is 79.4 Å². The van der Waals surface area contributed by atoms with Crippen molar-refractivity contribution in [1.29, 1.82) is 0 Å². The molecule has 0 spiro atoms. The van der Waals surface area contributed by atoms with E-state index in [1.54, 1.807) is 24.3 Å². The molecule has 1 aromatic carbocycles. The average molecular weight is 327 g/mol. The van der Waals surface area contributed by atoms with Crippen LogP contribution in [0.5, 0.6) is 0 Å². The van der Waals surface area contributed by atoms with Crippen molar-refractivity contribution in [3.8, 4) is 0 Å². The lowest BCUT2D eigenvalue weighted by Gasteiger charge is -2.21. The lowest BCUT2D eigenvalue weighted by molar-refractivity contribution is -0.124. The number of aromatic nitrogens is 1. The maximum Gasteiger partial charge on any atom is 0.262 e. The Hall–Kier alpha value is -3.09. The fourth-order valence-electron chi connectivity index (χ4n) is 2.54. The van der Waals surface area contributed by atoms with E-state index in [1.165, 1.54) is 25.3 Å². The molecule has 122 valence electrons. The molecule has 3 amide bonds. The van der Waals surface area contributed by atoms with Gasteiger partial charge < -0.3 is 5.32 Å². The van der Waals surface area contributed by atoms with Gasteiger partial charge in [-0.05, 0) is 31.2 Å². The average Bonchev–Trinajstić information content (AvgIpc) is 2.85. The van der Waals surface area contributed by atoms with Crippen LogP contribution >= 0.6 is 0 Å². The summed E-state index contributed by atoms with van der Waals surface area (Å²) in [7, 11) is 0. The number of hydrogen-bond donors (Lipinski definition) is 1. The number of benzene rings is 1. The summed E-state index contributed by atoms with van der Waals surface area (Å²) in [6.07, 6.45) is 1.41. The van der Waals surface area contributed by atoms with E-state index in [4.69, 9.17) is 0 Å². The molecule has 1 aliphatic rings. The van der Waals surface area contributed by atoms with Gasteiger partial charge in [0, 0.05) is 6.20 Å². The SMILES string of the molecule is CC(C(=O)NCc1ncccc1F)N1C(=O)c2ccccc2C1=O. The Kier molecular flexibility index (Phi) is 4.07. The summed E-state index contributed by atoms with van der Waals surface area (Å²) in [6, 6.07) is 8.07. The Morgan fingerprint density at radius 1 is 1.17 bits per heavy atom. The van der Waals surface area contributed by atoms with Crippen LogP contribution in [0.15, 0.2) is 42.6 Å². The van der Waals surface area contributed by atoms with Gasteiger partial charge >= 0.3 is 0 Å². The number of nitrogens with zero attached hydrogens (tertiary/aromatic N) is 2. The van der Waals surface area contributed by atoms with Gasteiger partial charge in [0.15, 0.2) is 0 Å². The molecule has 1 atom stereocenters. The first-order valence-corrected chi connectivity index (χ1v) is 7.34. The third-order valence-electron chi connectivity index (χ3n) is 3.86. The van der Waals surface area contributed by atoms with Gasteiger partial charge in [-0.25, -0.2) is 4.39 Å². The van der Waals surface area contributed by atoms with Crippen LogP contribution in [0.2, 0.25) is 0 Å². The normalized spacial score (nSPS) is 14.5. The molecule has 1 unspecified atom stereocenters. The van der Waals surface area contributed by atoms with Crippen molar-refractivity contribution >= 4 is 17.7 Å². The molecule has 1 N–H and O–H groups in total. The third kappa shape index (κ3) is 2.64. The van der Waals surface area contributed by atoms with Crippen LogP contribution in [0, 0.1) is 5.82 Å². The minimum Gasteiger partial charge on any atom is -0.349 e. The Morgan fingerprint density at radius 3 is 2.38 bits per heavy atom. The lowest BCUT2D eigenvalue weighted by atomic mass is 10.1. The number of imide groups is 1. The molecule has 6 nitrogen and oxygen atoms in total. The van der Waals surface area contributed by atoms with Crippen LogP contribution in [0.3, 0.4) is 0 Å². The van der Waals surface area contributed by atoms with Crippen molar-refractivity contribution < 1.29 is 18.8 Å². The molecule has 0 saturated heterocycles. The van der Waals surface area contributed by atoms with Gasteiger partial charge in [0.05, 0.1) is 23.4 Å². The minimum absolute atomic E-state index is 0.0837. The van der Waals surface area contributed by atoms with Crippen LogP contribution in [0.25, 0.3) is 0 Å². The van der Waals surface area contributed by atoms with E-state index in [1.807, 2.05) is 0 Å². The van der Waals surface area contributed by atoms with Crippen LogP contribution < -0.4 is 5.32 Å². The largest absolute Gasteiger partial charge is 0.349 e. The van der Waals surface area contributed by atoms with Gasteiger partial charge in [-0.2, -0.15) is 0 Å². The van der Waals surface area contributed by atoms with E-state index in [9.17, 15) is 18.8 Å². The molecule has 0 radical (unpaired) electrons. The molecule has 2 heterocycles. The van der Waals surface area contributed by atoms with Gasteiger partial charge in [-0.1, -0.05) is 12.1 Å². The molecule has 0 aliphatic carbocycles. The highest BCUT2D eigenvalue weighted by atomic mass is 19.1. The molecular weight excluding hydrogens is 313 g/mol. The van der Waals surface area contributed by atoms with E-state index in [0.29, 0.717) is 0 Å². The number of carbonyl (C=O) groups is 3. The molecule has 0 fully saturated rings. The van der Waals surface area contributed by atoms with Crippen molar-refractivity contribution in [2.75, 3.05) is 0 Å². The van der Waals surface area contributed by atoms with Crippen LogP contribution in [0.1, 0.15) is 33.3 Å². The van der Waals surface area contributed by atoms with E-state index < -0.39 is 29.6 Å². The van der Waals surface area contributed by atoms with Gasteiger partial charge in [0.2, 0.25) is 5.91 Å². The number of amides is 3. The highest BCUT2D eigenvalue weighted by Gasteiger charge is 2.40. The Balaban J connectivity index is 1.72. The van der Waals surface area contributed by atoms with Crippen molar-refractivity contribution in [2.45, 2.75) is 19.5 Å².